The molecule has 1 aromatic carbocycles. The topological polar surface area (TPSA) is 9.23 Å². The standard InChI is InChI=1S/C23H36OSi/c1-16-14-18(23(5,6)7)21(24-8)20(15-16)25(9,10)19-13-11-12-17(19)22(2,3)4/h11-12,14-15H,13H2,1-10H3. The molecular formula is C23H36OSi. The molecule has 0 fully saturated rings. The minimum absolute atomic E-state index is 0.0752. The molecule has 0 amide bonds. The lowest BCUT2D eigenvalue weighted by Crippen LogP contribution is -2.46. The summed E-state index contributed by atoms with van der Waals surface area (Å²) in [6.45, 7) is 21.0. The summed E-state index contributed by atoms with van der Waals surface area (Å²) < 4.78 is 6.02. The maximum Gasteiger partial charge on any atom is 0.122 e. The number of benzene rings is 1. The van der Waals surface area contributed by atoms with Gasteiger partial charge in [0.15, 0.2) is 0 Å². The lowest BCUT2D eigenvalue weighted by molar-refractivity contribution is 0.400. The van der Waals surface area contributed by atoms with Crippen molar-refractivity contribution < 1.29 is 4.74 Å². The fourth-order valence-electron chi connectivity index (χ4n) is 3.98. The van der Waals surface area contributed by atoms with Crippen LogP contribution in [-0.4, -0.2) is 15.2 Å². The van der Waals surface area contributed by atoms with E-state index in [1.165, 1.54) is 21.9 Å². The molecule has 0 saturated heterocycles. The van der Waals surface area contributed by atoms with E-state index in [1.54, 1.807) is 5.20 Å². The Morgan fingerprint density at radius 3 is 2.04 bits per heavy atom. The summed E-state index contributed by atoms with van der Waals surface area (Å²) in [5.41, 5.74) is 4.46. The van der Waals surface area contributed by atoms with Gasteiger partial charge < -0.3 is 4.74 Å². The Morgan fingerprint density at radius 1 is 0.960 bits per heavy atom. The van der Waals surface area contributed by atoms with Gasteiger partial charge in [0, 0.05) is 0 Å². The molecule has 25 heavy (non-hydrogen) atoms. The molecule has 2 rings (SSSR count). The highest BCUT2D eigenvalue weighted by atomic mass is 28.3. The van der Waals surface area contributed by atoms with Crippen molar-refractivity contribution in [3.8, 4) is 5.75 Å². The monoisotopic (exact) mass is 356 g/mol. The largest absolute Gasteiger partial charge is 0.497 e. The van der Waals surface area contributed by atoms with Gasteiger partial charge in [0.05, 0.1) is 7.11 Å². The van der Waals surface area contributed by atoms with Gasteiger partial charge in [-0.2, -0.15) is 0 Å². The quantitative estimate of drug-likeness (QED) is 0.598. The molecule has 1 aromatic rings. The van der Waals surface area contributed by atoms with Crippen LogP contribution in [0, 0.1) is 12.3 Å². The fourth-order valence-corrected chi connectivity index (χ4v) is 7.45. The van der Waals surface area contributed by atoms with Crippen molar-refractivity contribution in [2.75, 3.05) is 7.11 Å². The van der Waals surface area contributed by atoms with Gasteiger partial charge in [0.2, 0.25) is 0 Å². The third-order valence-corrected chi connectivity index (χ3v) is 9.11. The van der Waals surface area contributed by atoms with E-state index >= 15 is 0 Å². The minimum atomic E-state index is -1.83. The molecule has 2 heteroatoms. The van der Waals surface area contributed by atoms with Crippen LogP contribution in [0.25, 0.3) is 0 Å². The average molecular weight is 357 g/mol. The highest BCUT2D eigenvalue weighted by molar-refractivity contribution is 6.96. The number of allylic oxidation sites excluding steroid dienone is 4. The van der Waals surface area contributed by atoms with Gasteiger partial charge >= 0.3 is 0 Å². The SMILES string of the molecule is COc1c(C(C)(C)C)cc(C)cc1[Si](C)(C)C1=C(C(C)(C)C)C=CC1. The van der Waals surface area contributed by atoms with E-state index in [-0.39, 0.29) is 10.8 Å². The summed E-state index contributed by atoms with van der Waals surface area (Å²) in [5.74, 6) is 1.11. The summed E-state index contributed by atoms with van der Waals surface area (Å²) in [5, 5.41) is 3.10. The van der Waals surface area contributed by atoms with Gasteiger partial charge in [-0.05, 0) is 40.5 Å². The zero-order valence-electron chi connectivity index (χ0n) is 17.9. The summed E-state index contributed by atoms with van der Waals surface area (Å²) in [7, 11) is -0.00104. The molecule has 138 valence electrons. The van der Waals surface area contributed by atoms with Crippen LogP contribution in [0.3, 0.4) is 0 Å². The first-order valence-corrected chi connectivity index (χ1v) is 12.4. The maximum absolute atomic E-state index is 6.02. The van der Waals surface area contributed by atoms with Crippen molar-refractivity contribution in [2.24, 2.45) is 5.41 Å². The van der Waals surface area contributed by atoms with Crippen LogP contribution < -0.4 is 9.92 Å². The zero-order valence-corrected chi connectivity index (χ0v) is 18.9. The minimum Gasteiger partial charge on any atom is -0.497 e. The summed E-state index contributed by atoms with van der Waals surface area (Å²) in [6, 6.07) is 4.69. The predicted molar refractivity (Wildman–Crippen MR) is 114 cm³/mol. The number of hydrogen-bond acceptors (Lipinski definition) is 1. The van der Waals surface area contributed by atoms with E-state index in [0.29, 0.717) is 0 Å². The van der Waals surface area contributed by atoms with Gasteiger partial charge in [0.25, 0.3) is 0 Å². The van der Waals surface area contributed by atoms with Gasteiger partial charge in [-0.1, -0.05) is 89.7 Å². The predicted octanol–water partition coefficient (Wildman–Crippen LogP) is 6.06. The molecule has 0 bridgehead atoms. The van der Waals surface area contributed by atoms with E-state index < -0.39 is 8.07 Å². The first-order chi connectivity index (χ1) is 11.3. The van der Waals surface area contributed by atoms with Crippen molar-refractivity contribution in [1.82, 2.24) is 0 Å². The molecule has 1 aliphatic carbocycles. The van der Waals surface area contributed by atoms with E-state index in [9.17, 15) is 0 Å². The fraction of sp³-hybridized carbons (Fsp3) is 0.565. The van der Waals surface area contributed by atoms with Crippen molar-refractivity contribution in [3.63, 3.8) is 0 Å². The summed E-state index contributed by atoms with van der Waals surface area (Å²) >= 11 is 0. The van der Waals surface area contributed by atoms with Crippen LogP contribution in [0.15, 0.2) is 35.1 Å². The van der Waals surface area contributed by atoms with Crippen LogP contribution >= 0.6 is 0 Å². The third-order valence-electron chi connectivity index (χ3n) is 5.41. The molecule has 1 nitrogen and oxygen atoms in total. The van der Waals surface area contributed by atoms with Crippen LogP contribution in [0.2, 0.25) is 13.1 Å². The van der Waals surface area contributed by atoms with E-state index in [2.05, 4.69) is 85.8 Å². The van der Waals surface area contributed by atoms with Gasteiger partial charge in [-0.3, -0.25) is 0 Å². The van der Waals surface area contributed by atoms with Crippen molar-refractivity contribution in [2.45, 2.75) is 73.4 Å². The average Bonchev–Trinajstić information content (AvgIpc) is 2.95. The lowest BCUT2D eigenvalue weighted by atomic mass is 9.85. The highest BCUT2D eigenvalue weighted by Gasteiger charge is 2.38. The maximum atomic E-state index is 6.02. The Balaban J connectivity index is 2.75. The third kappa shape index (κ3) is 3.79. The Labute approximate surface area is 156 Å². The molecule has 0 unspecified atom stereocenters. The molecule has 0 radical (unpaired) electrons. The Kier molecular flexibility index (Phi) is 5.18. The second-order valence-electron chi connectivity index (χ2n) is 10.0. The van der Waals surface area contributed by atoms with E-state index in [0.717, 1.165) is 12.2 Å². The molecule has 1 aliphatic rings. The highest BCUT2D eigenvalue weighted by Crippen LogP contribution is 2.40. The zero-order chi connectivity index (χ0) is 19.2. The molecule has 0 atom stereocenters. The molecular weight excluding hydrogens is 320 g/mol. The van der Waals surface area contributed by atoms with Crippen LogP contribution in [0.5, 0.6) is 5.75 Å². The number of ether oxygens (including phenoxy) is 1. The Bertz CT molecular complexity index is 722. The summed E-state index contributed by atoms with van der Waals surface area (Å²) in [4.78, 5) is 0. The molecule has 0 aliphatic heterocycles. The Morgan fingerprint density at radius 2 is 1.56 bits per heavy atom. The summed E-state index contributed by atoms with van der Waals surface area (Å²) in [6.07, 6.45) is 5.79. The number of methoxy groups -OCH3 is 1. The second-order valence-corrected chi connectivity index (χ2v) is 14.4. The first-order valence-electron chi connectivity index (χ1n) is 9.40. The van der Waals surface area contributed by atoms with Crippen LogP contribution in [-0.2, 0) is 5.41 Å². The van der Waals surface area contributed by atoms with Crippen LogP contribution in [0.4, 0.5) is 0 Å². The van der Waals surface area contributed by atoms with Crippen molar-refractivity contribution in [3.05, 3.63) is 46.2 Å². The second kappa shape index (κ2) is 6.46. The Hall–Kier alpha value is -1.28. The van der Waals surface area contributed by atoms with Crippen LogP contribution in [0.1, 0.15) is 59.1 Å². The number of rotatable bonds is 3. The first kappa shape index (κ1) is 20.0. The molecule has 0 saturated carbocycles. The van der Waals surface area contributed by atoms with Gasteiger partial charge in [-0.15, -0.1) is 0 Å². The van der Waals surface area contributed by atoms with Gasteiger partial charge in [0.1, 0.15) is 13.8 Å². The lowest BCUT2D eigenvalue weighted by Gasteiger charge is -2.34. The molecule has 0 aromatic heterocycles. The van der Waals surface area contributed by atoms with E-state index in [4.69, 9.17) is 4.74 Å². The molecule has 0 spiro atoms. The number of hydrogen-bond donors (Lipinski definition) is 0. The van der Waals surface area contributed by atoms with E-state index in [1.807, 2.05) is 7.11 Å². The number of aryl methyl sites for hydroxylation is 1. The normalized spacial score (nSPS) is 15.9. The smallest absolute Gasteiger partial charge is 0.122 e. The van der Waals surface area contributed by atoms with Crippen molar-refractivity contribution in [1.29, 1.82) is 0 Å². The van der Waals surface area contributed by atoms with Gasteiger partial charge in [-0.25, -0.2) is 0 Å². The molecule has 0 heterocycles. The van der Waals surface area contributed by atoms with Crippen molar-refractivity contribution >= 4 is 13.3 Å². The molecule has 0 N–H and O–H groups in total.